The lowest BCUT2D eigenvalue weighted by molar-refractivity contribution is -0.384. The van der Waals surface area contributed by atoms with Crippen molar-refractivity contribution in [2.75, 3.05) is 6.61 Å². The number of hydrogen-bond donors (Lipinski definition) is 2. The molecule has 1 aromatic carbocycles. The highest BCUT2D eigenvalue weighted by Gasteiger charge is 2.10. The van der Waals surface area contributed by atoms with E-state index in [9.17, 15) is 24.5 Å². The minimum Gasteiger partial charge on any atom is -0.452 e. The molecule has 0 saturated heterocycles. The molecule has 2 N–H and O–H groups in total. The van der Waals surface area contributed by atoms with Crippen LogP contribution in [0.5, 0.6) is 0 Å². The summed E-state index contributed by atoms with van der Waals surface area (Å²) in [5, 5.41) is 13.1. The maximum Gasteiger partial charge on any atom is 0.331 e. The monoisotopic (exact) mass is 404 g/mol. The third kappa shape index (κ3) is 6.96. The molecule has 1 heterocycles. The average Bonchev–Trinajstić information content (AvgIpc) is 3.07. The first-order valence-corrected chi connectivity index (χ1v) is 8.79. The van der Waals surface area contributed by atoms with Crippen molar-refractivity contribution in [1.82, 2.24) is 15.8 Å². The number of nitrogens with one attached hydrogen (secondary N) is 2. The lowest BCUT2D eigenvalue weighted by Gasteiger charge is -2.06. The van der Waals surface area contributed by atoms with E-state index >= 15 is 0 Å². The number of benzene rings is 1. The molecule has 0 fully saturated rings. The van der Waals surface area contributed by atoms with E-state index < -0.39 is 29.3 Å². The van der Waals surface area contributed by atoms with Crippen LogP contribution in [0.2, 0.25) is 0 Å². The van der Waals surface area contributed by atoms with E-state index in [-0.39, 0.29) is 12.1 Å². The Balaban J connectivity index is 1.71. The summed E-state index contributed by atoms with van der Waals surface area (Å²) >= 11 is 1.33. The van der Waals surface area contributed by atoms with E-state index in [4.69, 9.17) is 4.74 Å². The molecule has 0 aliphatic carbocycles. The second-order valence-corrected chi connectivity index (χ2v) is 6.39. The number of ether oxygens (including phenoxy) is 1. The zero-order chi connectivity index (χ0) is 20.5. The quantitative estimate of drug-likeness (QED) is 0.307. The lowest BCUT2D eigenvalue weighted by atomic mass is 10.2. The summed E-state index contributed by atoms with van der Waals surface area (Å²) < 4.78 is 4.72. The highest BCUT2D eigenvalue weighted by molar-refractivity contribution is 7.09. The molecule has 2 aromatic rings. The smallest absolute Gasteiger partial charge is 0.331 e. The molecule has 0 aliphatic heterocycles. The summed E-state index contributed by atoms with van der Waals surface area (Å²) in [5.41, 5.74) is 5.44. The van der Waals surface area contributed by atoms with E-state index in [1.807, 2.05) is 12.3 Å². The van der Waals surface area contributed by atoms with Crippen LogP contribution in [0, 0.1) is 17.0 Å². The van der Waals surface area contributed by atoms with Crippen molar-refractivity contribution in [2.45, 2.75) is 13.3 Å². The van der Waals surface area contributed by atoms with Gasteiger partial charge in [0.05, 0.1) is 11.3 Å². The van der Waals surface area contributed by atoms with Gasteiger partial charge in [-0.05, 0) is 18.6 Å². The van der Waals surface area contributed by atoms with Crippen molar-refractivity contribution in [3.8, 4) is 0 Å². The zero-order valence-electron chi connectivity index (χ0n) is 14.7. The summed E-state index contributed by atoms with van der Waals surface area (Å²) in [6.07, 6.45) is 2.38. The Bertz CT molecular complexity index is 924. The van der Waals surface area contributed by atoms with Crippen molar-refractivity contribution in [2.24, 2.45) is 0 Å². The van der Waals surface area contributed by atoms with Crippen LogP contribution < -0.4 is 10.9 Å². The Morgan fingerprint density at radius 1 is 1.29 bits per heavy atom. The molecule has 146 valence electrons. The van der Waals surface area contributed by atoms with Crippen LogP contribution in [0.3, 0.4) is 0 Å². The molecule has 0 atom stereocenters. The number of thiazole rings is 1. The number of aromatic nitrogens is 1. The van der Waals surface area contributed by atoms with Crippen LogP contribution >= 0.6 is 11.3 Å². The van der Waals surface area contributed by atoms with E-state index in [1.54, 1.807) is 6.07 Å². The molecule has 1 aromatic heterocycles. The minimum atomic E-state index is -0.814. The summed E-state index contributed by atoms with van der Waals surface area (Å²) in [4.78, 5) is 49.1. The molecule has 2 amide bonds. The van der Waals surface area contributed by atoms with Crippen LogP contribution in [0.25, 0.3) is 6.08 Å². The van der Waals surface area contributed by atoms with E-state index in [1.165, 1.54) is 35.6 Å². The molecule has 10 nitrogen and oxygen atoms in total. The Kier molecular flexibility index (Phi) is 7.34. The summed E-state index contributed by atoms with van der Waals surface area (Å²) in [6.45, 7) is 1.20. The normalized spacial score (nSPS) is 10.5. The number of non-ortho nitro benzene ring substituents is 1. The number of rotatable bonds is 7. The number of nitro groups is 1. The van der Waals surface area contributed by atoms with Gasteiger partial charge in [0.2, 0.25) is 5.91 Å². The van der Waals surface area contributed by atoms with Crippen LogP contribution in [-0.4, -0.2) is 34.3 Å². The second kappa shape index (κ2) is 9.92. The molecule has 2 rings (SSSR count). The van der Waals surface area contributed by atoms with E-state index in [0.717, 1.165) is 11.8 Å². The fourth-order valence-corrected chi connectivity index (χ4v) is 2.70. The predicted octanol–water partition coefficient (Wildman–Crippen LogP) is 1.31. The average molecular weight is 404 g/mol. The van der Waals surface area contributed by atoms with Gasteiger partial charge in [-0.25, -0.2) is 9.78 Å². The van der Waals surface area contributed by atoms with Gasteiger partial charge in [-0.3, -0.25) is 30.6 Å². The van der Waals surface area contributed by atoms with Crippen LogP contribution in [0.4, 0.5) is 5.69 Å². The fourth-order valence-electron chi connectivity index (χ4n) is 1.93. The maximum absolute atomic E-state index is 11.7. The highest BCUT2D eigenvalue weighted by atomic mass is 32.1. The number of hydrazine groups is 1. The second-order valence-electron chi connectivity index (χ2n) is 5.45. The van der Waals surface area contributed by atoms with Gasteiger partial charge in [0, 0.05) is 29.3 Å². The summed E-state index contributed by atoms with van der Waals surface area (Å²) in [5.74, 6) is -1.99. The summed E-state index contributed by atoms with van der Waals surface area (Å²) in [7, 11) is 0. The van der Waals surface area contributed by atoms with Gasteiger partial charge in [-0.2, -0.15) is 0 Å². The first-order valence-electron chi connectivity index (χ1n) is 7.91. The van der Waals surface area contributed by atoms with Crippen LogP contribution in [0.15, 0.2) is 35.7 Å². The number of esters is 1. The molecule has 0 radical (unpaired) electrons. The van der Waals surface area contributed by atoms with Crippen molar-refractivity contribution < 1.29 is 24.0 Å². The number of nitrogens with zero attached hydrogens (tertiary/aromatic N) is 2. The van der Waals surface area contributed by atoms with Crippen LogP contribution in [-0.2, 0) is 25.5 Å². The van der Waals surface area contributed by atoms with Crippen molar-refractivity contribution in [1.29, 1.82) is 0 Å². The molecule has 28 heavy (non-hydrogen) atoms. The molecular formula is C17H16N4O6S. The van der Waals surface area contributed by atoms with Crippen molar-refractivity contribution >= 4 is 40.9 Å². The Hall–Kier alpha value is -3.60. The van der Waals surface area contributed by atoms with Crippen LogP contribution in [0.1, 0.15) is 16.3 Å². The highest BCUT2D eigenvalue weighted by Crippen LogP contribution is 2.14. The largest absolute Gasteiger partial charge is 0.452 e. The Morgan fingerprint density at radius 3 is 2.71 bits per heavy atom. The van der Waals surface area contributed by atoms with Gasteiger partial charge in [0.15, 0.2) is 6.61 Å². The van der Waals surface area contributed by atoms with E-state index in [2.05, 4.69) is 15.8 Å². The molecular weight excluding hydrogens is 388 g/mol. The predicted molar refractivity (Wildman–Crippen MR) is 99.9 cm³/mol. The standard InChI is InChI=1S/C17H16N4O6S/c1-11-10-28-16(18-11)8-14(22)19-20-15(23)9-27-17(24)6-5-12-3-2-4-13(7-12)21(25)26/h2-7,10H,8-9H2,1H3,(H,19,22)(H,20,23)/b6-5+. The number of carbonyl (C=O) groups excluding carboxylic acids is 3. The summed E-state index contributed by atoms with van der Waals surface area (Å²) in [6, 6.07) is 5.66. The third-order valence-corrected chi connectivity index (χ3v) is 4.12. The first-order chi connectivity index (χ1) is 13.3. The molecule has 11 heteroatoms. The molecule has 0 aliphatic rings. The zero-order valence-corrected chi connectivity index (χ0v) is 15.5. The Labute approximate surface area is 163 Å². The lowest BCUT2D eigenvalue weighted by Crippen LogP contribution is -2.44. The first kappa shape index (κ1) is 20.7. The SMILES string of the molecule is Cc1csc(CC(=O)NNC(=O)COC(=O)/C=C/c2cccc([N+](=O)[O-])c2)n1. The Morgan fingerprint density at radius 2 is 2.04 bits per heavy atom. The van der Waals surface area contributed by atoms with Gasteiger partial charge in [0.1, 0.15) is 5.01 Å². The van der Waals surface area contributed by atoms with Crippen molar-refractivity contribution in [3.05, 3.63) is 62.1 Å². The number of amides is 2. The molecule has 0 saturated carbocycles. The van der Waals surface area contributed by atoms with Gasteiger partial charge < -0.3 is 4.74 Å². The molecule has 0 spiro atoms. The topological polar surface area (TPSA) is 141 Å². The number of carbonyl (C=O) groups is 3. The maximum atomic E-state index is 11.7. The van der Waals surface area contributed by atoms with Gasteiger partial charge in [0.25, 0.3) is 11.6 Å². The fraction of sp³-hybridized carbons (Fsp3) is 0.176. The third-order valence-electron chi connectivity index (χ3n) is 3.16. The number of aryl methyl sites for hydroxylation is 1. The number of hydrogen-bond acceptors (Lipinski definition) is 8. The minimum absolute atomic E-state index is 0.0184. The molecule has 0 bridgehead atoms. The number of nitro benzene ring substituents is 1. The van der Waals surface area contributed by atoms with Gasteiger partial charge >= 0.3 is 5.97 Å². The molecule has 0 unspecified atom stereocenters. The van der Waals surface area contributed by atoms with Gasteiger partial charge in [-0.1, -0.05) is 12.1 Å². The van der Waals surface area contributed by atoms with Crippen molar-refractivity contribution in [3.63, 3.8) is 0 Å². The van der Waals surface area contributed by atoms with E-state index in [0.29, 0.717) is 10.6 Å². The van der Waals surface area contributed by atoms with Gasteiger partial charge in [-0.15, -0.1) is 11.3 Å².